The molecule has 0 amide bonds. The van der Waals surface area contributed by atoms with E-state index >= 15 is 0 Å². The number of rotatable bonds is 6. The maximum Gasteiger partial charge on any atom is -0.00258 e. The second-order valence-electron chi connectivity index (χ2n) is 9.29. The van der Waals surface area contributed by atoms with Crippen LogP contribution in [0.1, 0.15) is 99.9 Å². The first kappa shape index (κ1) is 39.1. The van der Waals surface area contributed by atoms with E-state index in [0.717, 1.165) is 19.3 Å². The van der Waals surface area contributed by atoms with Crippen LogP contribution in [-0.2, 0) is 19.3 Å². The van der Waals surface area contributed by atoms with Crippen LogP contribution in [0.4, 0.5) is 0 Å². The van der Waals surface area contributed by atoms with Crippen molar-refractivity contribution in [1.29, 1.82) is 0 Å². The standard InChI is InChI=1S/C21H20.C14H14.4C2H6/c1-17-7-9-19(10-8-17)16-21-13-11-20(12-14-21)15-18-5-3-2-4-6-18;1-12-7-9-14(10-8-12)11-13-5-3-2-4-6-13;4*1-2/h2-14H,15-16H2,1H3;2-10H,11H2,1H3;4*1-2H3. The monoisotopic (exact) mass is 574 g/mol. The van der Waals surface area contributed by atoms with Crippen LogP contribution in [0.25, 0.3) is 0 Å². The van der Waals surface area contributed by atoms with Crippen molar-refractivity contribution in [3.8, 4) is 0 Å². The molecule has 0 spiro atoms. The van der Waals surface area contributed by atoms with Crippen LogP contribution in [0.5, 0.6) is 0 Å². The summed E-state index contributed by atoms with van der Waals surface area (Å²) in [5.41, 5.74) is 10.9. The summed E-state index contributed by atoms with van der Waals surface area (Å²) in [6.45, 7) is 20.2. The molecule has 0 aliphatic carbocycles. The summed E-state index contributed by atoms with van der Waals surface area (Å²) in [5.74, 6) is 0. The van der Waals surface area contributed by atoms with E-state index < -0.39 is 0 Å². The molecule has 0 unspecified atom stereocenters. The molecule has 5 aromatic carbocycles. The molecule has 0 nitrogen and oxygen atoms in total. The van der Waals surface area contributed by atoms with E-state index in [4.69, 9.17) is 0 Å². The normalized spacial score (nSPS) is 8.98. The molecule has 0 saturated carbocycles. The van der Waals surface area contributed by atoms with Gasteiger partial charge in [0, 0.05) is 0 Å². The van der Waals surface area contributed by atoms with Crippen LogP contribution in [0, 0.1) is 13.8 Å². The second kappa shape index (κ2) is 25.8. The third-order valence-electron chi connectivity index (χ3n) is 6.17. The molecule has 43 heavy (non-hydrogen) atoms. The van der Waals surface area contributed by atoms with Crippen LogP contribution in [-0.4, -0.2) is 0 Å². The predicted molar refractivity (Wildman–Crippen MR) is 195 cm³/mol. The van der Waals surface area contributed by atoms with E-state index in [0.29, 0.717) is 0 Å². The fraction of sp³-hybridized carbons (Fsp3) is 0.302. The topological polar surface area (TPSA) is 0 Å². The van der Waals surface area contributed by atoms with Gasteiger partial charge in [-0.15, -0.1) is 0 Å². The molecule has 230 valence electrons. The van der Waals surface area contributed by atoms with Gasteiger partial charge >= 0.3 is 0 Å². The smallest absolute Gasteiger partial charge is 0.00258 e. The lowest BCUT2D eigenvalue weighted by atomic mass is 10.00. The van der Waals surface area contributed by atoms with Gasteiger partial charge in [-0.05, 0) is 66.5 Å². The van der Waals surface area contributed by atoms with Gasteiger partial charge in [0.15, 0.2) is 0 Å². The Morgan fingerprint density at radius 3 is 0.674 bits per heavy atom. The van der Waals surface area contributed by atoms with Crippen LogP contribution in [0.2, 0.25) is 0 Å². The molecule has 0 aliphatic heterocycles. The molecule has 0 heterocycles. The Kier molecular flexibility index (Phi) is 23.4. The van der Waals surface area contributed by atoms with E-state index in [2.05, 4.69) is 147 Å². The average Bonchev–Trinajstić information content (AvgIpc) is 3.09. The summed E-state index contributed by atoms with van der Waals surface area (Å²) in [4.78, 5) is 0. The Labute approximate surface area is 265 Å². The zero-order valence-corrected chi connectivity index (χ0v) is 28.8. The SMILES string of the molecule is CC.CC.CC.CC.Cc1ccc(Cc2ccc(Cc3ccccc3)cc2)cc1.Cc1ccc(Cc2ccccc2)cc1. The lowest BCUT2D eigenvalue weighted by Gasteiger charge is -2.05. The van der Waals surface area contributed by atoms with Gasteiger partial charge in [-0.2, -0.15) is 0 Å². The average molecular weight is 575 g/mol. The van der Waals surface area contributed by atoms with Crippen LogP contribution >= 0.6 is 0 Å². The van der Waals surface area contributed by atoms with Crippen molar-refractivity contribution >= 4 is 0 Å². The highest BCUT2D eigenvalue weighted by atomic mass is 14.0. The lowest BCUT2D eigenvalue weighted by molar-refractivity contribution is 1.15. The summed E-state index contributed by atoms with van der Waals surface area (Å²) in [5, 5.41) is 0. The van der Waals surface area contributed by atoms with E-state index in [1.807, 2.05) is 55.4 Å². The number of hydrogen-bond donors (Lipinski definition) is 0. The molecule has 0 atom stereocenters. The molecular weight excluding hydrogens is 516 g/mol. The van der Waals surface area contributed by atoms with E-state index in [-0.39, 0.29) is 0 Å². The Morgan fingerprint density at radius 2 is 0.442 bits per heavy atom. The van der Waals surface area contributed by atoms with Crippen LogP contribution in [0.15, 0.2) is 133 Å². The Balaban J connectivity index is 0.000000697. The van der Waals surface area contributed by atoms with Crippen molar-refractivity contribution in [2.75, 3.05) is 0 Å². The second-order valence-corrected chi connectivity index (χ2v) is 9.29. The predicted octanol–water partition coefficient (Wildman–Crippen LogP) is 12.9. The quantitative estimate of drug-likeness (QED) is 0.189. The molecule has 0 aromatic heterocycles. The van der Waals surface area contributed by atoms with Crippen molar-refractivity contribution < 1.29 is 0 Å². The first-order chi connectivity index (χ1) is 21.1. The maximum absolute atomic E-state index is 2.25. The van der Waals surface area contributed by atoms with Gasteiger partial charge in [-0.1, -0.05) is 200 Å². The highest BCUT2D eigenvalue weighted by Crippen LogP contribution is 2.14. The van der Waals surface area contributed by atoms with Gasteiger partial charge in [0.1, 0.15) is 0 Å². The van der Waals surface area contributed by atoms with E-state index in [1.54, 1.807) is 0 Å². The Bertz CT molecular complexity index is 1260. The molecule has 5 aromatic rings. The van der Waals surface area contributed by atoms with Gasteiger partial charge in [0.2, 0.25) is 0 Å². The minimum absolute atomic E-state index is 1.01. The summed E-state index contributed by atoms with van der Waals surface area (Å²) in [6.07, 6.45) is 3.04. The van der Waals surface area contributed by atoms with Crippen molar-refractivity contribution in [2.24, 2.45) is 0 Å². The van der Waals surface area contributed by atoms with Crippen LogP contribution in [0.3, 0.4) is 0 Å². The minimum Gasteiger partial charge on any atom is -0.0683 e. The molecule has 0 saturated heterocycles. The zero-order valence-electron chi connectivity index (χ0n) is 28.8. The molecule has 0 heteroatoms. The molecule has 5 rings (SSSR count). The van der Waals surface area contributed by atoms with E-state index in [9.17, 15) is 0 Å². The van der Waals surface area contributed by atoms with Gasteiger partial charge in [0.05, 0.1) is 0 Å². The zero-order chi connectivity index (χ0) is 32.3. The third-order valence-corrected chi connectivity index (χ3v) is 6.17. The van der Waals surface area contributed by atoms with E-state index in [1.165, 1.54) is 44.5 Å². The summed E-state index contributed by atoms with van der Waals surface area (Å²) in [7, 11) is 0. The molecular formula is C43H58. The first-order valence-corrected chi connectivity index (χ1v) is 16.4. The molecule has 0 fully saturated rings. The van der Waals surface area contributed by atoms with Crippen molar-refractivity contribution in [2.45, 2.75) is 88.5 Å². The van der Waals surface area contributed by atoms with Crippen LogP contribution < -0.4 is 0 Å². The molecule has 0 bridgehead atoms. The van der Waals surface area contributed by atoms with Crippen molar-refractivity contribution in [3.05, 3.63) is 178 Å². The third kappa shape index (κ3) is 17.0. The van der Waals surface area contributed by atoms with Gasteiger partial charge in [-0.3, -0.25) is 0 Å². The molecule has 0 aliphatic rings. The Hall–Kier alpha value is -3.90. The highest BCUT2D eigenvalue weighted by molar-refractivity contribution is 5.33. The summed E-state index contributed by atoms with van der Waals surface area (Å²) in [6, 6.07) is 47.7. The summed E-state index contributed by atoms with van der Waals surface area (Å²) < 4.78 is 0. The first-order valence-electron chi connectivity index (χ1n) is 16.4. The Morgan fingerprint density at radius 1 is 0.256 bits per heavy atom. The van der Waals surface area contributed by atoms with Crippen molar-refractivity contribution in [3.63, 3.8) is 0 Å². The van der Waals surface area contributed by atoms with Crippen molar-refractivity contribution in [1.82, 2.24) is 0 Å². The number of hydrogen-bond acceptors (Lipinski definition) is 0. The fourth-order valence-electron chi connectivity index (χ4n) is 4.09. The largest absolute Gasteiger partial charge is 0.0683 e. The van der Waals surface area contributed by atoms with Gasteiger partial charge < -0.3 is 0 Å². The maximum atomic E-state index is 2.25. The fourth-order valence-corrected chi connectivity index (χ4v) is 4.09. The highest BCUT2D eigenvalue weighted by Gasteiger charge is 1.99. The molecule has 0 N–H and O–H groups in total. The minimum atomic E-state index is 1.01. The number of benzene rings is 5. The summed E-state index contributed by atoms with van der Waals surface area (Å²) >= 11 is 0. The lowest BCUT2D eigenvalue weighted by Crippen LogP contribution is -1.91. The molecule has 0 radical (unpaired) electrons. The van der Waals surface area contributed by atoms with Gasteiger partial charge in [-0.25, -0.2) is 0 Å². The number of aryl methyl sites for hydroxylation is 2. The van der Waals surface area contributed by atoms with Gasteiger partial charge in [0.25, 0.3) is 0 Å².